The Morgan fingerprint density at radius 1 is 1.04 bits per heavy atom. The van der Waals surface area contributed by atoms with E-state index >= 15 is 4.39 Å². The van der Waals surface area contributed by atoms with E-state index in [2.05, 4.69) is 52.8 Å². The van der Waals surface area contributed by atoms with Gasteiger partial charge in [-0.3, -0.25) is 9.80 Å². The van der Waals surface area contributed by atoms with E-state index in [-0.39, 0.29) is 23.5 Å². The van der Waals surface area contributed by atoms with Crippen molar-refractivity contribution in [2.24, 2.45) is 0 Å². The zero-order valence-corrected chi connectivity index (χ0v) is 26.3. The second-order valence-electron chi connectivity index (χ2n) is 14.1. The smallest absolute Gasteiger partial charge is 0.415 e. The molecule has 1 unspecified atom stereocenters. The lowest BCUT2D eigenvalue weighted by Gasteiger charge is -2.46. The van der Waals surface area contributed by atoms with Crippen LogP contribution in [0.15, 0.2) is 42.6 Å². The molecule has 4 saturated heterocycles. The number of halogens is 1. The summed E-state index contributed by atoms with van der Waals surface area (Å²) in [6.45, 7) is 11.0. The summed E-state index contributed by atoms with van der Waals surface area (Å²) < 4.78 is 27.1. The van der Waals surface area contributed by atoms with Crippen LogP contribution in [0.3, 0.4) is 0 Å². The van der Waals surface area contributed by atoms with Crippen molar-refractivity contribution >= 4 is 40.9 Å². The second-order valence-corrected chi connectivity index (χ2v) is 14.1. The molecule has 5 aliphatic heterocycles. The highest BCUT2D eigenvalue weighted by Gasteiger charge is 2.55. The average Bonchev–Trinajstić information content (AvgIpc) is 3.73. The van der Waals surface area contributed by atoms with Gasteiger partial charge in [0.05, 0.1) is 30.0 Å². The number of hydrogen-bond donors (Lipinski definition) is 1. The van der Waals surface area contributed by atoms with Gasteiger partial charge in [-0.05, 0) is 71.0 Å². The van der Waals surface area contributed by atoms with Crippen molar-refractivity contribution in [3.8, 4) is 0 Å². The number of nitrogens with one attached hydrogen (secondary N) is 1. The number of carbonyl (C=O) groups is 1. The van der Waals surface area contributed by atoms with Crippen LogP contribution in [0.25, 0.3) is 0 Å². The molecule has 236 valence electrons. The lowest BCUT2D eigenvalue weighted by Crippen LogP contribution is -2.54. The third-order valence-corrected chi connectivity index (χ3v) is 10.4. The maximum absolute atomic E-state index is 15.5. The number of likely N-dealkylation sites (tertiary alicyclic amines) is 1. The number of pyridine rings is 1. The summed E-state index contributed by atoms with van der Waals surface area (Å²) in [4.78, 5) is 35.5. The molecular weight excluding hydrogens is 575 g/mol. The summed E-state index contributed by atoms with van der Waals surface area (Å²) in [5, 5.41) is 3.25. The normalized spacial score (nSPS) is 30.1. The van der Waals surface area contributed by atoms with E-state index in [0.29, 0.717) is 54.3 Å². The number of amides is 1. The highest BCUT2D eigenvalue weighted by molar-refractivity contribution is 5.89. The van der Waals surface area contributed by atoms with Crippen LogP contribution in [0.1, 0.15) is 46.1 Å². The number of benzene rings is 1. The fourth-order valence-corrected chi connectivity index (χ4v) is 7.88. The Morgan fingerprint density at radius 3 is 2.53 bits per heavy atom. The summed E-state index contributed by atoms with van der Waals surface area (Å²) in [7, 11) is 2.14. The maximum atomic E-state index is 15.5. The molecule has 0 radical (unpaired) electrons. The van der Waals surface area contributed by atoms with Crippen LogP contribution < -0.4 is 20.0 Å². The largest absolute Gasteiger partial charge is 0.447 e. The van der Waals surface area contributed by atoms with E-state index in [9.17, 15) is 4.79 Å². The number of anilines is 6. The summed E-state index contributed by atoms with van der Waals surface area (Å²) >= 11 is 0. The predicted molar refractivity (Wildman–Crippen MR) is 169 cm³/mol. The standard InChI is InChI=1S/C33H39FN8O3/c1-19-17-44-31(43)41(19)27-7-6-8-28(37-27)42-26-13-32(2,3)45-18-33(26,4)23-14-35-30(38-29(23)42)36-20-9-10-25(24(34)11-20)40-16-21-12-22(40)15-39(21)5/h6-11,14,19,21-22,26H,12-13,15-18H2,1-5H3,(H,35,36,38)/t19-,21?,22-,26+,33+/m0/s1. The molecule has 1 N–H and O–H groups in total. The lowest BCUT2D eigenvalue weighted by atomic mass is 9.73. The molecule has 4 fully saturated rings. The van der Waals surface area contributed by atoms with Gasteiger partial charge in [0, 0.05) is 48.0 Å². The minimum atomic E-state index is -0.400. The van der Waals surface area contributed by atoms with Crippen LogP contribution in [0.2, 0.25) is 0 Å². The highest BCUT2D eigenvalue weighted by Crippen LogP contribution is 2.53. The Morgan fingerprint density at radius 2 is 1.84 bits per heavy atom. The van der Waals surface area contributed by atoms with Crippen molar-refractivity contribution < 1.29 is 18.7 Å². The minimum absolute atomic E-state index is 0.0157. The molecule has 45 heavy (non-hydrogen) atoms. The number of likely N-dealkylation sites (N-methyl/N-ethyl adjacent to an activating group) is 1. The van der Waals surface area contributed by atoms with Crippen LogP contribution in [0.5, 0.6) is 0 Å². The molecule has 8 rings (SSSR count). The van der Waals surface area contributed by atoms with Crippen molar-refractivity contribution in [1.29, 1.82) is 0 Å². The molecule has 2 bridgehead atoms. The van der Waals surface area contributed by atoms with Gasteiger partial charge < -0.3 is 24.6 Å². The van der Waals surface area contributed by atoms with Gasteiger partial charge in [0.25, 0.3) is 0 Å². The number of rotatable bonds is 5. The van der Waals surface area contributed by atoms with Gasteiger partial charge >= 0.3 is 6.09 Å². The number of carbonyl (C=O) groups excluding carboxylic acids is 1. The van der Waals surface area contributed by atoms with E-state index in [1.54, 1.807) is 4.90 Å². The number of hydrogen-bond acceptors (Lipinski definition) is 10. The van der Waals surface area contributed by atoms with E-state index in [4.69, 9.17) is 19.4 Å². The van der Waals surface area contributed by atoms with Crippen molar-refractivity contribution in [1.82, 2.24) is 19.9 Å². The molecule has 0 saturated carbocycles. The second kappa shape index (κ2) is 9.98. The van der Waals surface area contributed by atoms with Gasteiger partial charge in [-0.25, -0.2) is 19.2 Å². The molecule has 0 aliphatic carbocycles. The number of piperazine rings is 1. The zero-order chi connectivity index (χ0) is 31.2. The first-order chi connectivity index (χ1) is 21.5. The molecule has 5 atom stereocenters. The van der Waals surface area contributed by atoms with Crippen molar-refractivity contribution in [3.63, 3.8) is 0 Å². The fourth-order valence-electron chi connectivity index (χ4n) is 7.88. The first kappa shape index (κ1) is 28.4. The number of ether oxygens (including phenoxy) is 2. The molecule has 1 amide bonds. The monoisotopic (exact) mass is 614 g/mol. The van der Waals surface area contributed by atoms with Crippen LogP contribution >= 0.6 is 0 Å². The van der Waals surface area contributed by atoms with Gasteiger partial charge in [-0.2, -0.15) is 4.98 Å². The highest BCUT2D eigenvalue weighted by atomic mass is 19.1. The van der Waals surface area contributed by atoms with E-state index in [1.165, 1.54) is 6.07 Å². The molecule has 1 aromatic carbocycles. The van der Waals surface area contributed by atoms with Gasteiger partial charge in [0.1, 0.15) is 29.9 Å². The number of aromatic nitrogens is 3. The van der Waals surface area contributed by atoms with Crippen LogP contribution in [0, 0.1) is 5.82 Å². The molecule has 12 heteroatoms. The van der Waals surface area contributed by atoms with E-state index < -0.39 is 11.5 Å². The Labute approximate surface area is 262 Å². The zero-order valence-electron chi connectivity index (χ0n) is 26.3. The molecule has 5 aliphatic rings. The van der Waals surface area contributed by atoms with Crippen LogP contribution in [0.4, 0.5) is 44.0 Å². The molecule has 0 spiro atoms. The van der Waals surface area contributed by atoms with Crippen molar-refractivity contribution in [2.75, 3.05) is 53.4 Å². The average molecular weight is 615 g/mol. The predicted octanol–water partition coefficient (Wildman–Crippen LogP) is 4.97. The summed E-state index contributed by atoms with van der Waals surface area (Å²) in [5.74, 6) is 2.04. The Bertz CT molecular complexity index is 1690. The third-order valence-electron chi connectivity index (χ3n) is 10.4. The third kappa shape index (κ3) is 4.52. The van der Waals surface area contributed by atoms with Gasteiger partial charge in [-0.15, -0.1) is 0 Å². The fraction of sp³-hybridized carbons (Fsp3) is 0.515. The van der Waals surface area contributed by atoms with Crippen molar-refractivity contribution in [3.05, 3.63) is 54.0 Å². The molecule has 3 aromatic rings. The van der Waals surface area contributed by atoms with Crippen LogP contribution in [-0.2, 0) is 14.9 Å². The summed E-state index contributed by atoms with van der Waals surface area (Å²) in [6, 6.07) is 11.6. The molecular formula is C33H39FN8O3. The number of nitrogens with zero attached hydrogens (tertiary/aromatic N) is 7. The summed E-state index contributed by atoms with van der Waals surface area (Å²) in [6.07, 6.45) is 3.27. The Hall–Kier alpha value is -4.03. The number of cyclic esters (lactones) is 1. The van der Waals surface area contributed by atoms with E-state index in [0.717, 1.165) is 37.3 Å². The molecule has 2 aromatic heterocycles. The topological polar surface area (TPSA) is 99.2 Å². The Balaban J connectivity index is 1.13. The SMILES string of the molecule is C[C@H]1COC(=O)N1c1cccc(N2c3nc(Nc4ccc(N5CC6C[C@H]5CN6C)c(F)c4)ncc3[C@@]3(C)COC(C)(C)C[C@@H]23)n1. The first-order valence-electron chi connectivity index (χ1n) is 15.8. The molecule has 11 nitrogen and oxygen atoms in total. The molecule has 7 heterocycles. The van der Waals surface area contributed by atoms with E-state index in [1.807, 2.05) is 43.5 Å². The van der Waals surface area contributed by atoms with Gasteiger partial charge in [0.2, 0.25) is 5.95 Å². The van der Waals surface area contributed by atoms with Gasteiger partial charge in [0.15, 0.2) is 0 Å². The maximum Gasteiger partial charge on any atom is 0.415 e. The van der Waals surface area contributed by atoms with Crippen LogP contribution in [-0.4, -0.2) is 89.1 Å². The first-order valence-corrected chi connectivity index (χ1v) is 15.8. The van der Waals surface area contributed by atoms with Gasteiger partial charge in [-0.1, -0.05) is 13.0 Å². The summed E-state index contributed by atoms with van der Waals surface area (Å²) in [5.41, 5.74) is 1.44. The van der Waals surface area contributed by atoms with Crippen molar-refractivity contribution in [2.45, 2.75) is 75.7 Å². The minimum Gasteiger partial charge on any atom is -0.447 e. The Kier molecular flexibility index (Phi) is 6.31. The lowest BCUT2D eigenvalue weighted by molar-refractivity contribution is -0.0893. The number of fused-ring (bicyclic) bond motifs is 5. The quantitative estimate of drug-likeness (QED) is 0.424.